The van der Waals surface area contributed by atoms with E-state index < -0.39 is 17.9 Å². The van der Waals surface area contributed by atoms with Crippen molar-refractivity contribution in [2.75, 3.05) is 0 Å². The van der Waals surface area contributed by atoms with Crippen LogP contribution in [0.5, 0.6) is 34.5 Å². The van der Waals surface area contributed by atoms with Gasteiger partial charge in [-0.1, -0.05) is 60.7 Å². The number of carbonyl (C=O) groups excluding carboxylic acids is 3. The van der Waals surface area contributed by atoms with Gasteiger partial charge in [0.15, 0.2) is 0 Å². The summed E-state index contributed by atoms with van der Waals surface area (Å²) in [4.78, 5) is 37.9. The van der Waals surface area contributed by atoms with Crippen LogP contribution in [-0.4, -0.2) is 33.2 Å². The molecule has 0 atom stereocenters. The molecule has 0 saturated carbocycles. The molecule has 0 amide bonds. The van der Waals surface area contributed by atoms with Crippen molar-refractivity contribution in [1.29, 1.82) is 0 Å². The van der Waals surface area contributed by atoms with Crippen molar-refractivity contribution in [2.24, 2.45) is 0 Å². The molecule has 5 rings (SSSR count). The lowest BCUT2D eigenvalue weighted by molar-refractivity contribution is 0.0716. The molecule has 0 aliphatic rings. The van der Waals surface area contributed by atoms with Gasteiger partial charge in [-0.05, 0) is 71.8 Å². The zero-order chi connectivity index (χ0) is 31.1. The predicted molar refractivity (Wildman–Crippen MR) is 161 cm³/mol. The summed E-state index contributed by atoms with van der Waals surface area (Å²) in [6.45, 7) is 0. The van der Waals surface area contributed by atoms with Crippen molar-refractivity contribution < 1.29 is 43.9 Å². The third kappa shape index (κ3) is 7.10. The highest BCUT2D eigenvalue weighted by Gasteiger charge is 2.17. The highest BCUT2D eigenvalue weighted by atomic mass is 16.5. The highest BCUT2D eigenvalue weighted by Crippen LogP contribution is 2.28. The molecule has 0 saturated heterocycles. The molecule has 0 spiro atoms. The Labute approximate surface area is 251 Å². The summed E-state index contributed by atoms with van der Waals surface area (Å²) in [5.41, 5.74) is 1.15. The van der Waals surface area contributed by atoms with Crippen LogP contribution in [-0.2, 0) is 0 Å². The van der Waals surface area contributed by atoms with Crippen LogP contribution in [0.1, 0.15) is 42.2 Å². The Morgan fingerprint density at radius 3 is 1.20 bits per heavy atom. The van der Waals surface area contributed by atoms with E-state index in [1.165, 1.54) is 54.6 Å². The van der Waals surface area contributed by atoms with E-state index in [0.29, 0.717) is 5.56 Å². The number of rotatable bonds is 8. The molecule has 0 heterocycles. The Hall–Kier alpha value is -6.35. The number of para-hydroxylation sites is 3. The summed E-state index contributed by atoms with van der Waals surface area (Å²) in [6.07, 6.45) is 3.41. The molecule has 9 nitrogen and oxygen atoms in total. The molecule has 0 fully saturated rings. The van der Waals surface area contributed by atoms with Crippen molar-refractivity contribution >= 4 is 30.1 Å². The fraction of sp³-hybridized carbons (Fsp3) is 0. The summed E-state index contributed by atoms with van der Waals surface area (Å²) >= 11 is 0. The fourth-order valence-electron chi connectivity index (χ4n) is 4.07. The van der Waals surface area contributed by atoms with Crippen molar-refractivity contribution in [3.8, 4) is 34.5 Å². The maximum absolute atomic E-state index is 12.8. The van der Waals surface area contributed by atoms with Crippen LogP contribution in [0.2, 0.25) is 0 Å². The average Bonchev–Trinajstić information content (AvgIpc) is 3.01. The van der Waals surface area contributed by atoms with Gasteiger partial charge in [0.2, 0.25) is 0 Å². The molecule has 5 aromatic carbocycles. The largest absolute Gasteiger partial charge is 0.507 e. The first-order valence-electron chi connectivity index (χ1n) is 13.2. The number of benzene rings is 5. The second-order valence-electron chi connectivity index (χ2n) is 9.36. The Morgan fingerprint density at radius 2 is 0.795 bits per heavy atom. The second kappa shape index (κ2) is 13.1. The van der Waals surface area contributed by atoms with Crippen LogP contribution >= 0.6 is 0 Å². The van der Waals surface area contributed by atoms with Gasteiger partial charge in [0.25, 0.3) is 0 Å². The van der Waals surface area contributed by atoms with Crippen LogP contribution in [0.15, 0.2) is 115 Å². The van der Waals surface area contributed by atoms with Gasteiger partial charge in [0, 0.05) is 6.07 Å². The van der Waals surface area contributed by atoms with Gasteiger partial charge in [-0.15, -0.1) is 0 Å². The molecule has 3 N–H and O–H groups in total. The number of phenolic OH excluding ortho intramolecular Hbond substituents is 3. The lowest BCUT2D eigenvalue weighted by atomic mass is 10.1. The molecule has 5 aromatic rings. The molecule has 0 aromatic heterocycles. The number of hydrogen-bond acceptors (Lipinski definition) is 9. The van der Waals surface area contributed by atoms with Crippen molar-refractivity contribution in [2.45, 2.75) is 0 Å². The monoisotopic (exact) mass is 588 g/mol. The van der Waals surface area contributed by atoms with E-state index in [1.54, 1.807) is 72.8 Å². The van der Waals surface area contributed by atoms with E-state index in [1.807, 2.05) is 0 Å². The second-order valence-corrected chi connectivity index (χ2v) is 9.36. The maximum atomic E-state index is 12.8. The molecule has 218 valence electrons. The average molecular weight is 589 g/mol. The van der Waals surface area contributed by atoms with E-state index in [9.17, 15) is 29.7 Å². The summed E-state index contributed by atoms with van der Waals surface area (Å²) in [5, 5.41) is 30.0. The minimum absolute atomic E-state index is 0.0342. The van der Waals surface area contributed by atoms with Crippen LogP contribution < -0.4 is 14.2 Å². The zero-order valence-electron chi connectivity index (χ0n) is 22.9. The fourth-order valence-corrected chi connectivity index (χ4v) is 4.07. The Morgan fingerprint density at radius 1 is 0.432 bits per heavy atom. The zero-order valence-corrected chi connectivity index (χ0v) is 22.9. The molecule has 0 radical (unpaired) electrons. The standard InChI is InChI=1S/C35H24O9/c36-30-10-4-1-7-27(30)33(39)42-24-17-15-22(16-18-24)13-14-23-19-25(43-34(40)28-8-2-5-11-31(28)37)21-26(20-23)44-35(41)29-9-3-6-12-32(29)38/h1-21,36-38H/b14-13+. The number of carbonyl (C=O) groups is 3. The first-order valence-corrected chi connectivity index (χ1v) is 13.2. The Balaban J connectivity index is 1.37. The van der Waals surface area contributed by atoms with Gasteiger partial charge in [0.1, 0.15) is 51.2 Å². The molecule has 9 heteroatoms. The third-order valence-electron chi connectivity index (χ3n) is 6.25. The molecule has 0 bridgehead atoms. The van der Waals surface area contributed by atoms with Gasteiger partial charge in [-0.2, -0.15) is 0 Å². The number of esters is 3. The summed E-state index contributed by atoms with van der Waals surface area (Å²) in [5.74, 6) is -2.70. The van der Waals surface area contributed by atoms with Crippen LogP contribution in [0.3, 0.4) is 0 Å². The summed E-state index contributed by atoms with van der Waals surface area (Å²) < 4.78 is 16.3. The lowest BCUT2D eigenvalue weighted by Gasteiger charge is -2.11. The number of hydrogen-bond donors (Lipinski definition) is 3. The molecular formula is C35H24O9. The van der Waals surface area contributed by atoms with E-state index in [2.05, 4.69) is 0 Å². The summed E-state index contributed by atoms with van der Waals surface area (Å²) in [6, 6.07) is 28.8. The van der Waals surface area contributed by atoms with Crippen molar-refractivity contribution in [1.82, 2.24) is 0 Å². The molecule has 44 heavy (non-hydrogen) atoms. The molecular weight excluding hydrogens is 564 g/mol. The number of phenols is 3. The van der Waals surface area contributed by atoms with Gasteiger partial charge in [-0.25, -0.2) is 14.4 Å². The first kappa shape index (κ1) is 29.2. The highest BCUT2D eigenvalue weighted by molar-refractivity contribution is 5.95. The van der Waals surface area contributed by atoms with E-state index in [0.717, 1.165) is 5.56 Å². The molecule has 0 aliphatic heterocycles. The minimum Gasteiger partial charge on any atom is -0.507 e. The quantitative estimate of drug-likeness (QED) is 0.103. The normalized spacial score (nSPS) is 10.7. The molecule has 0 aliphatic carbocycles. The Bertz CT molecular complexity index is 1800. The smallest absolute Gasteiger partial charge is 0.347 e. The predicted octanol–water partition coefficient (Wildman–Crippen LogP) is 6.63. The van der Waals surface area contributed by atoms with Gasteiger partial charge >= 0.3 is 17.9 Å². The van der Waals surface area contributed by atoms with E-state index in [4.69, 9.17) is 14.2 Å². The number of ether oxygens (including phenoxy) is 3. The van der Waals surface area contributed by atoms with Crippen molar-refractivity contribution in [3.05, 3.63) is 143 Å². The summed E-state index contributed by atoms with van der Waals surface area (Å²) in [7, 11) is 0. The SMILES string of the molecule is O=C(Oc1ccc(/C=C/c2cc(OC(=O)c3ccccc3O)cc(OC(=O)c3ccccc3O)c2)cc1)c1ccccc1O. The maximum Gasteiger partial charge on any atom is 0.347 e. The van der Waals surface area contributed by atoms with Crippen LogP contribution in [0, 0.1) is 0 Å². The first-order chi connectivity index (χ1) is 21.3. The van der Waals surface area contributed by atoms with E-state index >= 15 is 0 Å². The van der Waals surface area contributed by atoms with Crippen LogP contribution in [0.25, 0.3) is 12.2 Å². The van der Waals surface area contributed by atoms with E-state index in [-0.39, 0.29) is 51.2 Å². The lowest BCUT2D eigenvalue weighted by Crippen LogP contribution is -2.11. The minimum atomic E-state index is -0.823. The van der Waals surface area contributed by atoms with Gasteiger partial charge in [0.05, 0.1) is 0 Å². The molecule has 0 unspecified atom stereocenters. The Kier molecular flexibility index (Phi) is 8.67. The van der Waals surface area contributed by atoms with Crippen molar-refractivity contribution in [3.63, 3.8) is 0 Å². The number of aromatic hydroxyl groups is 3. The van der Waals surface area contributed by atoms with Gasteiger partial charge < -0.3 is 29.5 Å². The van der Waals surface area contributed by atoms with Crippen LogP contribution in [0.4, 0.5) is 0 Å². The topological polar surface area (TPSA) is 140 Å². The third-order valence-corrected chi connectivity index (χ3v) is 6.25. The van der Waals surface area contributed by atoms with Gasteiger partial charge in [-0.3, -0.25) is 0 Å².